The number of esters is 1. The monoisotopic (exact) mass is 599 g/mol. The van der Waals surface area contributed by atoms with Crippen molar-refractivity contribution in [2.24, 2.45) is 4.99 Å². The molecular weight excluding hydrogens is 574 g/mol. The molecule has 0 saturated carbocycles. The number of carbonyl (C=O) groups excluding carboxylic acids is 1. The van der Waals surface area contributed by atoms with Gasteiger partial charge in [0, 0.05) is 21.5 Å². The number of rotatable bonds is 6. The Morgan fingerprint density at radius 2 is 1.79 bits per heavy atom. The molecule has 10 heteroatoms. The van der Waals surface area contributed by atoms with Crippen LogP contribution in [0.2, 0.25) is 5.02 Å². The van der Waals surface area contributed by atoms with Gasteiger partial charge in [0.05, 0.1) is 48.3 Å². The number of hydrogen-bond donors (Lipinski definition) is 1. The van der Waals surface area contributed by atoms with Crippen LogP contribution >= 0.6 is 22.9 Å². The van der Waals surface area contributed by atoms with Gasteiger partial charge < -0.3 is 19.2 Å². The lowest BCUT2D eigenvalue weighted by Crippen LogP contribution is -2.40. The van der Waals surface area contributed by atoms with E-state index in [1.54, 1.807) is 32.2 Å². The number of para-hydroxylation sites is 1. The third kappa shape index (κ3) is 4.51. The number of H-pyrrole nitrogens is 1. The van der Waals surface area contributed by atoms with Gasteiger partial charge in [-0.2, -0.15) is 0 Å². The average molecular weight is 600 g/mol. The van der Waals surface area contributed by atoms with Crippen molar-refractivity contribution in [3.63, 3.8) is 0 Å². The second-order valence-electron chi connectivity index (χ2n) is 9.62. The summed E-state index contributed by atoms with van der Waals surface area (Å²) in [6, 6.07) is 19.9. The summed E-state index contributed by atoms with van der Waals surface area (Å²) < 4.78 is 18.4. The molecule has 0 radical (unpaired) electrons. The molecule has 0 fully saturated rings. The number of allylic oxidation sites excluding steroid dienone is 1. The summed E-state index contributed by atoms with van der Waals surface area (Å²) in [5.74, 6) is 0.579. The minimum atomic E-state index is -0.860. The van der Waals surface area contributed by atoms with Crippen LogP contribution in [-0.4, -0.2) is 36.8 Å². The minimum absolute atomic E-state index is 0.235. The minimum Gasteiger partial charge on any atom is -0.496 e. The standard InChI is InChI=1S/C32H26ClN3O5S/c1-17-26(31(38)41-4)29(22-15-19(33)13-14-23(22)39-2)36-30(37)25(42-32(36)34-17)16-21-20-11-8-12-24(40-3)28(20)35-27(21)18-9-6-5-7-10-18/h5-16,29,35H,1-4H3/b25-16-/t29-/m0/s1. The molecule has 0 saturated heterocycles. The molecule has 3 aromatic carbocycles. The SMILES string of the molecule is COC(=O)C1=C(C)N=c2s/c(=C\c3c(-c4ccccc4)[nH]c4c(OC)cccc34)c(=O)n2[C@H]1c1cc(Cl)ccc1OC. The van der Waals surface area contributed by atoms with Gasteiger partial charge in [-0.05, 0) is 42.8 Å². The molecule has 5 aromatic rings. The van der Waals surface area contributed by atoms with Crippen molar-refractivity contribution < 1.29 is 19.0 Å². The third-order valence-corrected chi connectivity index (χ3v) is 8.52. The van der Waals surface area contributed by atoms with Crippen LogP contribution in [0, 0.1) is 0 Å². The zero-order valence-electron chi connectivity index (χ0n) is 23.2. The van der Waals surface area contributed by atoms with Crippen LogP contribution in [0.25, 0.3) is 28.2 Å². The van der Waals surface area contributed by atoms with Gasteiger partial charge in [-0.15, -0.1) is 0 Å². The number of thiazole rings is 1. The highest BCUT2D eigenvalue weighted by molar-refractivity contribution is 7.07. The number of halogens is 1. The summed E-state index contributed by atoms with van der Waals surface area (Å²) in [5.41, 5.74) is 4.39. The van der Waals surface area contributed by atoms with E-state index in [4.69, 9.17) is 25.8 Å². The van der Waals surface area contributed by atoms with Crippen molar-refractivity contribution in [3.05, 3.63) is 114 Å². The lowest BCUT2D eigenvalue weighted by molar-refractivity contribution is -0.136. The first kappa shape index (κ1) is 27.6. The molecule has 3 heterocycles. The van der Waals surface area contributed by atoms with E-state index in [0.29, 0.717) is 37.1 Å². The summed E-state index contributed by atoms with van der Waals surface area (Å²) in [7, 11) is 4.46. The van der Waals surface area contributed by atoms with Crippen molar-refractivity contribution in [1.82, 2.24) is 9.55 Å². The average Bonchev–Trinajstić information content (AvgIpc) is 3.53. The van der Waals surface area contributed by atoms with E-state index in [0.717, 1.165) is 27.7 Å². The van der Waals surface area contributed by atoms with E-state index in [1.807, 2.05) is 54.6 Å². The predicted molar refractivity (Wildman–Crippen MR) is 164 cm³/mol. The van der Waals surface area contributed by atoms with Crippen molar-refractivity contribution in [2.45, 2.75) is 13.0 Å². The number of carbonyl (C=O) groups is 1. The zero-order chi connectivity index (χ0) is 29.5. The van der Waals surface area contributed by atoms with E-state index >= 15 is 0 Å². The number of benzene rings is 3. The van der Waals surface area contributed by atoms with Gasteiger partial charge in [-0.3, -0.25) is 9.36 Å². The fourth-order valence-electron chi connectivity index (χ4n) is 5.40. The number of aromatic amines is 1. The molecule has 0 bridgehead atoms. The molecule has 8 nitrogen and oxygen atoms in total. The molecule has 212 valence electrons. The van der Waals surface area contributed by atoms with E-state index in [-0.39, 0.29) is 11.1 Å². The van der Waals surface area contributed by atoms with Gasteiger partial charge in [-0.1, -0.05) is 65.4 Å². The highest BCUT2D eigenvalue weighted by Crippen LogP contribution is 2.38. The van der Waals surface area contributed by atoms with Crippen LogP contribution in [0.5, 0.6) is 11.5 Å². The van der Waals surface area contributed by atoms with Crippen LogP contribution in [0.3, 0.4) is 0 Å². The predicted octanol–water partition coefficient (Wildman–Crippen LogP) is 5.23. The lowest BCUT2D eigenvalue weighted by Gasteiger charge is -2.25. The molecule has 6 rings (SSSR count). The highest BCUT2D eigenvalue weighted by Gasteiger charge is 2.35. The van der Waals surface area contributed by atoms with Crippen LogP contribution in [-0.2, 0) is 9.53 Å². The number of hydrogen-bond acceptors (Lipinski definition) is 7. The highest BCUT2D eigenvalue weighted by atomic mass is 35.5. The Kier molecular flexibility index (Phi) is 7.22. The first-order valence-electron chi connectivity index (χ1n) is 13.0. The summed E-state index contributed by atoms with van der Waals surface area (Å²) in [6.07, 6.45) is 1.87. The molecule has 1 aliphatic rings. The molecule has 0 aliphatic carbocycles. The van der Waals surface area contributed by atoms with E-state index in [9.17, 15) is 9.59 Å². The molecule has 1 atom stereocenters. The third-order valence-electron chi connectivity index (χ3n) is 7.31. The Bertz CT molecular complexity index is 2070. The lowest BCUT2D eigenvalue weighted by atomic mass is 9.95. The van der Waals surface area contributed by atoms with Gasteiger partial charge in [0.15, 0.2) is 4.80 Å². The summed E-state index contributed by atoms with van der Waals surface area (Å²) >= 11 is 7.64. The Labute approximate surface area is 249 Å². The molecule has 0 amide bonds. The maximum absolute atomic E-state index is 14.3. The van der Waals surface area contributed by atoms with Crippen molar-refractivity contribution in [3.8, 4) is 22.8 Å². The normalized spacial score (nSPS) is 15.0. The number of fused-ring (bicyclic) bond motifs is 2. The van der Waals surface area contributed by atoms with Crippen molar-refractivity contribution in [1.29, 1.82) is 0 Å². The summed E-state index contributed by atoms with van der Waals surface area (Å²) in [6.45, 7) is 1.73. The maximum Gasteiger partial charge on any atom is 0.338 e. The van der Waals surface area contributed by atoms with Gasteiger partial charge in [-0.25, -0.2) is 9.79 Å². The van der Waals surface area contributed by atoms with E-state index in [1.165, 1.54) is 30.1 Å². The largest absolute Gasteiger partial charge is 0.496 e. The summed E-state index contributed by atoms with van der Waals surface area (Å²) in [5, 5.41) is 1.34. The number of nitrogens with one attached hydrogen (secondary N) is 1. The molecule has 1 aliphatic heterocycles. The van der Waals surface area contributed by atoms with Crippen LogP contribution in [0.4, 0.5) is 0 Å². The first-order valence-corrected chi connectivity index (χ1v) is 14.2. The van der Waals surface area contributed by atoms with Crippen molar-refractivity contribution in [2.75, 3.05) is 21.3 Å². The molecule has 1 N–H and O–H groups in total. The topological polar surface area (TPSA) is 94.9 Å². The van der Waals surface area contributed by atoms with Crippen LogP contribution in [0.1, 0.15) is 24.1 Å². The number of nitrogens with zero attached hydrogens (tertiary/aromatic N) is 2. The van der Waals surface area contributed by atoms with E-state index < -0.39 is 12.0 Å². The van der Waals surface area contributed by atoms with Crippen molar-refractivity contribution >= 4 is 45.9 Å². The molecule has 0 spiro atoms. The second kappa shape index (κ2) is 11.0. The number of aromatic nitrogens is 2. The number of ether oxygens (including phenoxy) is 3. The van der Waals surface area contributed by atoms with Gasteiger partial charge in [0.1, 0.15) is 17.5 Å². The fourth-order valence-corrected chi connectivity index (χ4v) is 6.61. The second-order valence-corrected chi connectivity index (χ2v) is 11.1. The fraction of sp³-hybridized carbons (Fsp3) is 0.156. The first-order chi connectivity index (χ1) is 20.4. The quantitative estimate of drug-likeness (QED) is 0.270. The Hall–Kier alpha value is -4.60. The molecule has 42 heavy (non-hydrogen) atoms. The Morgan fingerprint density at radius 3 is 2.50 bits per heavy atom. The molecular formula is C32H26ClN3O5S. The van der Waals surface area contributed by atoms with E-state index in [2.05, 4.69) is 9.98 Å². The summed E-state index contributed by atoms with van der Waals surface area (Å²) in [4.78, 5) is 36.0. The number of methoxy groups -OCH3 is 3. The van der Waals surface area contributed by atoms with Gasteiger partial charge in [0.25, 0.3) is 5.56 Å². The van der Waals surface area contributed by atoms with Crippen LogP contribution < -0.4 is 24.4 Å². The van der Waals surface area contributed by atoms with Gasteiger partial charge >= 0.3 is 5.97 Å². The smallest absolute Gasteiger partial charge is 0.338 e. The Morgan fingerprint density at radius 1 is 1.02 bits per heavy atom. The zero-order valence-corrected chi connectivity index (χ0v) is 24.8. The molecule has 2 aromatic heterocycles. The molecule has 0 unspecified atom stereocenters. The van der Waals surface area contributed by atoms with Gasteiger partial charge in [0.2, 0.25) is 0 Å². The Balaban J connectivity index is 1.66. The van der Waals surface area contributed by atoms with Crippen LogP contribution in [0.15, 0.2) is 87.8 Å². The maximum atomic E-state index is 14.3.